The minimum absolute atomic E-state index is 0.0520. The maximum atomic E-state index is 12.6. The molecule has 1 atom stereocenters. The molecule has 0 aliphatic heterocycles. The lowest BCUT2D eigenvalue weighted by Crippen LogP contribution is -2.31. The van der Waals surface area contributed by atoms with Gasteiger partial charge in [-0.2, -0.15) is 0 Å². The number of imidazole rings is 1. The highest BCUT2D eigenvalue weighted by atomic mass is 32.1. The predicted octanol–water partition coefficient (Wildman–Crippen LogP) is 3.21. The number of carbonyl (C=O) groups excluding carboxylic acids is 1. The van der Waals surface area contributed by atoms with Crippen LogP contribution in [0.3, 0.4) is 0 Å². The summed E-state index contributed by atoms with van der Waals surface area (Å²) in [6.45, 7) is 0. The van der Waals surface area contributed by atoms with Gasteiger partial charge in [0.05, 0.1) is 19.6 Å². The van der Waals surface area contributed by atoms with Crippen LogP contribution in [-0.2, 0) is 11.2 Å². The molecular formula is C18H19N3O2S. The highest BCUT2D eigenvalue weighted by Crippen LogP contribution is 2.41. The van der Waals surface area contributed by atoms with E-state index in [2.05, 4.69) is 10.3 Å². The SMILES string of the molecule is COc1ccc(C(NC(=O)Cc2csc3nccn23)C2CC2)cc1. The van der Waals surface area contributed by atoms with E-state index >= 15 is 0 Å². The van der Waals surface area contributed by atoms with Crippen LogP contribution in [0.4, 0.5) is 0 Å². The predicted molar refractivity (Wildman–Crippen MR) is 93.4 cm³/mol. The Bertz CT molecular complexity index is 849. The number of nitrogens with zero attached hydrogens (tertiary/aromatic N) is 2. The number of rotatable bonds is 6. The molecular weight excluding hydrogens is 322 g/mol. The van der Waals surface area contributed by atoms with Gasteiger partial charge in [-0.25, -0.2) is 4.98 Å². The monoisotopic (exact) mass is 341 g/mol. The van der Waals surface area contributed by atoms with Crippen molar-refractivity contribution in [1.82, 2.24) is 14.7 Å². The maximum absolute atomic E-state index is 12.6. The van der Waals surface area contributed by atoms with Crippen LogP contribution in [0.15, 0.2) is 42.0 Å². The third-order valence-electron chi connectivity index (χ3n) is 4.44. The zero-order valence-corrected chi connectivity index (χ0v) is 14.3. The molecule has 4 rings (SSSR count). The summed E-state index contributed by atoms with van der Waals surface area (Å²) >= 11 is 1.56. The molecule has 2 heterocycles. The average Bonchev–Trinajstić information content (AvgIpc) is 3.21. The number of methoxy groups -OCH3 is 1. The second kappa shape index (κ2) is 6.28. The van der Waals surface area contributed by atoms with E-state index in [1.807, 2.05) is 40.2 Å². The summed E-state index contributed by atoms with van der Waals surface area (Å²) in [5.41, 5.74) is 2.12. The van der Waals surface area contributed by atoms with Gasteiger partial charge < -0.3 is 10.1 Å². The van der Waals surface area contributed by atoms with Crippen LogP contribution < -0.4 is 10.1 Å². The van der Waals surface area contributed by atoms with Crippen molar-refractivity contribution in [3.63, 3.8) is 0 Å². The fourth-order valence-corrected chi connectivity index (χ4v) is 3.85. The summed E-state index contributed by atoms with van der Waals surface area (Å²) < 4.78 is 7.19. The molecule has 1 aliphatic carbocycles. The number of fused-ring (bicyclic) bond motifs is 1. The Morgan fingerprint density at radius 2 is 2.21 bits per heavy atom. The van der Waals surface area contributed by atoms with Crippen LogP contribution in [0.5, 0.6) is 5.75 Å². The third kappa shape index (κ3) is 3.01. The van der Waals surface area contributed by atoms with Gasteiger partial charge in [0.15, 0.2) is 4.96 Å². The fraction of sp³-hybridized carbons (Fsp3) is 0.333. The molecule has 1 saturated carbocycles. The van der Waals surface area contributed by atoms with Crippen LogP contribution in [0.25, 0.3) is 4.96 Å². The summed E-state index contributed by atoms with van der Waals surface area (Å²) in [7, 11) is 1.66. The summed E-state index contributed by atoms with van der Waals surface area (Å²) in [4.78, 5) is 17.7. The first-order valence-electron chi connectivity index (χ1n) is 8.07. The van der Waals surface area contributed by atoms with E-state index in [9.17, 15) is 4.79 Å². The second-order valence-corrected chi connectivity index (χ2v) is 6.98. The highest BCUT2D eigenvalue weighted by molar-refractivity contribution is 7.15. The van der Waals surface area contributed by atoms with Gasteiger partial charge in [0.1, 0.15) is 5.75 Å². The van der Waals surface area contributed by atoms with Gasteiger partial charge in [0, 0.05) is 23.5 Å². The van der Waals surface area contributed by atoms with E-state index in [0.717, 1.165) is 22.0 Å². The van der Waals surface area contributed by atoms with Crippen molar-refractivity contribution in [2.45, 2.75) is 25.3 Å². The van der Waals surface area contributed by atoms with Crippen LogP contribution in [0.1, 0.15) is 30.1 Å². The van der Waals surface area contributed by atoms with Crippen molar-refractivity contribution in [1.29, 1.82) is 0 Å². The molecule has 1 aromatic carbocycles. The summed E-state index contributed by atoms with van der Waals surface area (Å²) in [6, 6.07) is 8.07. The molecule has 1 amide bonds. The van der Waals surface area contributed by atoms with Gasteiger partial charge in [-0.1, -0.05) is 12.1 Å². The molecule has 1 fully saturated rings. The van der Waals surface area contributed by atoms with Gasteiger partial charge in [-0.05, 0) is 36.5 Å². The Balaban J connectivity index is 1.48. The lowest BCUT2D eigenvalue weighted by molar-refractivity contribution is -0.121. The number of thiazole rings is 1. The van der Waals surface area contributed by atoms with E-state index in [0.29, 0.717) is 12.3 Å². The van der Waals surface area contributed by atoms with Crippen molar-refractivity contribution in [2.75, 3.05) is 7.11 Å². The van der Waals surface area contributed by atoms with Gasteiger partial charge in [0.2, 0.25) is 5.91 Å². The molecule has 0 radical (unpaired) electrons. The van der Waals surface area contributed by atoms with Gasteiger partial charge in [-0.15, -0.1) is 11.3 Å². The van der Waals surface area contributed by atoms with Crippen LogP contribution in [0, 0.1) is 5.92 Å². The van der Waals surface area contributed by atoms with Crippen molar-refractivity contribution in [2.24, 2.45) is 5.92 Å². The molecule has 24 heavy (non-hydrogen) atoms. The molecule has 6 heteroatoms. The molecule has 0 saturated heterocycles. The number of ether oxygens (including phenoxy) is 1. The molecule has 0 spiro atoms. The van der Waals surface area contributed by atoms with E-state index in [4.69, 9.17) is 4.74 Å². The minimum Gasteiger partial charge on any atom is -0.497 e. The third-order valence-corrected chi connectivity index (χ3v) is 5.35. The number of amides is 1. The maximum Gasteiger partial charge on any atom is 0.226 e. The highest BCUT2D eigenvalue weighted by Gasteiger charge is 2.33. The van der Waals surface area contributed by atoms with E-state index < -0.39 is 0 Å². The normalized spacial score (nSPS) is 15.4. The first-order valence-corrected chi connectivity index (χ1v) is 8.95. The lowest BCUT2D eigenvalue weighted by atomic mass is 10.0. The molecule has 0 bridgehead atoms. The first kappa shape index (κ1) is 15.2. The molecule has 2 aromatic heterocycles. The van der Waals surface area contributed by atoms with Crippen LogP contribution in [0.2, 0.25) is 0 Å². The second-order valence-electron chi connectivity index (χ2n) is 6.14. The molecule has 1 N–H and O–H groups in total. The van der Waals surface area contributed by atoms with Crippen molar-refractivity contribution in [3.8, 4) is 5.75 Å². The standard InChI is InChI=1S/C18H19N3O2S/c1-23-15-6-4-13(5-7-15)17(12-2-3-12)20-16(22)10-14-11-24-18-19-8-9-21(14)18/h4-9,11-12,17H,2-3,10H2,1H3,(H,20,22). The Hall–Kier alpha value is -2.34. The fourth-order valence-electron chi connectivity index (χ4n) is 3.00. The Morgan fingerprint density at radius 1 is 1.42 bits per heavy atom. The zero-order chi connectivity index (χ0) is 16.5. The van der Waals surface area contributed by atoms with Gasteiger partial charge >= 0.3 is 0 Å². The molecule has 5 nitrogen and oxygen atoms in total. The van der Waals surface area contributed by atoms with E-state index in [-0.39, 0.29) is 11.9 Å². The van der Waals surface area contributed by atoms with E-state index in [1.54, 1.807) is 24.6 Å². The smallest absolute Gasteiger partial charge is 0.226 e. The molecule has 1 aliphatic rings. The summed E-state index contributed by atoms with van der Waals surface area (Å²) in [6.07, 6.45) is 6.37. The van der Waals surface area contributed by atoms with Crippen molar-refractivity contribution < 1.29 is 9.53 Å². The number of hydrogen-bond acceptors (Lipinski definition) is 4. The lowest BCUT2D eigenvalue weighted by Gasteiger charge is -2.19. The molecule has 124 valence electrons. The first-order chi connectivity index (χ1) is 11.7. The van der Waals surface area contributed by atoms with E-state index in [1.165, 1.54) is 12.8 Å². The van der Waals surface area contributed by atoms with Gasteiger partial charge in [0.25, 0.3) is 0 Å². The topological polar surface area (TPSA) is 55.6 Å². The van der Waals surface area contributed by atoms with Crippen molar-refractivity contribution in [3.05, 3.63) is 53.3 Å². The van der Waals surface area contributed by atoms with Gasteiger partial charge in [-0.3, -0.25) is 9.20 Å². The number of nitrogens with one attached hydrogen (secondary N) is 1. The Kier molecular flexibility index (Phi) is 3.98. The van der Waals surface area contributed by atoms with Crippen molar-refractivity contribution >= 4 is 22.2 Å². The zero-order valence-electron chi connectivity index (χ0n) is 13.4. The average molecular weight is 341 g/mol. The Morgan fingerprint density at radius 3 is 2.92 bits per heavy atom. The Labute approximate surface area is 144 Å². The minimum atomic E-state index is 0.0520. The summed E-state index contributed by atoms with van der Waals surface area (Å²) in [5, 5.41) is 5.22. The number of hydrogen-bond donors (Lipinski definition) is 1. The number of aromatic nitrogens is 2. The number of benzene rings is 1. The largest absolute Gasteiger partial charge is 0.497 e. The quantitative estimate of drug-likeness (QED) is 0.749. The summed E-state index contributed by atoms with van der Waals surface area (Å²) in [5.74, 6) is 1.43. The van der Waals surface area contributed by atoms with Crippen LogP contribution >= 0.6 is 11.3 Å². The molecule has 1 unspecified atom stereocenters. The van der Waals surface area contributed by atoms with Crippen LogP contribution in [-0.4, -0.2) is 22.4 Å². The number of carbonyl (C=O) groups is 1. The molecule has 3 aromatic rings.